The lowest BCUT2D eigenvalue weighted by Gasteiger charge is -2.42. The predicted molar refractivity (Wildman–Crippen MR) is 77.9 cm³/mol. The van der Waals surface area contributed by atoms with Crippen molar-refractivity contribution < 1.29 is 14.2 Å². The Morgan fingerprint density at radius 2 is 2.05 bits per heavy atom. The molecule has 3 N–H and O–H groups in total. The minimum Gasteiger partial charge on any atom is -0.496 e. The molecule has 0 amide bonds. The molecule has 0 bridgehead atoms. The Morgan fingerprint density at radius 3 is 2.60 bits per heavy atom. The molecule has 6 heteroatoms. The maximum atomic E-state index is 6.11. The fourth-order valence-corrected chi connectivity index (χ4v) is 2.96. The van der Waals surface area contributed by atoms with Crippen LogP contribution in [0.1, 0.15) is 24.4 Å². The Kier molecular flexibility index (Phi) is 5.23. The van der Waals surface area contributed by atoms with Gasteiger partial charge in [-0.05, 0) is 18.2 Å². The minimum absolute atomic E-state index is 0.218. The molecule has 1 aliphatic heterocycles. The Hall–Kier alpha value is -0.850. The molecule has 1 heterocycles. The number of hydrogen-bond acceptors (Lipinski definition) is 5. The van der Waals surface area contributed by atoms with Crippen molar-refractivity contribution in [1.82, 2.24) is 5.43 Å². The second kappa shape index (κ2) is 6.74. The summed E-state index contributed by atoms with van der Waals surface area (Å²) >= 11 is 6.11. The van der Waals surface area contributed by atoms with E-state index in [1.807, 2.05) is 12.1 Å². The topological polar surface area (TPSA) is 65.7 Å². The highest BCUT2D eigenvalue weighted by molar-refractivity contribution is 6.30. The summed E-state index contributed by atoms with van der Waals surface area (Å²) in [5.41, 5.74) is 3.33. The molecule has 0 aliphatic carbocycles. The Morgan fingerprint density at radius 1 is 1.35 bits per heavy atom. The standard InChI is InChI=1S/C14H21ClN2O3/c1-18-12-4-3-10(15)9-11(12)13(17-16)14(19-2)5-7-20-8-6-14/h3-4,9,13,17H,5-8,16H2,1-2H3. The molecule has 0 aromatic heterocycles. The number of rotatable bonds is 5. The second-order valence-corrected chi connectivity index (χ2v) is 5.30. The molecule has 1 fully saturated rings. The van der Waals surface area contributed by atoms with Crippen LogP contribution < -0.4 is 16.0 Å². The van der Waals surface area contributed by atoms with Gasteiger partial charge in [0.1, 0.15) is 5.75 Å². The number of nitrogens with one attached hydrogen (secondary N) is 1. The van der Waals surface area contributed by atoms with Gasteiger partial charge in [-0.2, -0.15) is 0 Å². The molecule has 0 spiro atoms. The molecule has 1 saturated heterocycles. The van der Waals surface area contributed by atoms with Gasteiger partial charge in [0.05, 0.1) is 18.8 Å². The van der Waals surface area contributed by atoms with E-state index in [1.54, 1.807) is 20.3 Å². The first kappa shape index (κ1) is 15.5. The maximum Gasteiger partial charge on any atom is 0.123 e. The van der Waals surface area contributed by atoms with E-state index in [1.165, 1.54) is 0 Å². The monoisotopic (exact) mass is 300 g/mol. The fourth-order valence-electron chi connectivity index (χ4n) is 2.78. The van der Waals surface area contributed by atoms with Crippen LogP contribution in [0, 0.1) is 0 Å². The quantitative estimate of drug-likeness (QED) is 0.643. The molecular weight excluding hydrogens is 280 g/mol. The zero-order valence-electron chi connectivity index (χ0n) is 11.8. The van der Waals surface area contributed by atoms with Crippen LogP contribution in [0.15, 0.2) is 18.2 Å². The summed E-state index contributed by atoms with van der Waals surface area (Å²) < 4.78 is 16.7. The fraction of sp³-hybridized carbons (Fsp3) is 0.571. The molecule has 112 valence electrons. The van der Waals surface area contributed by atoms with Gasteiger partial charge in [0.15, 0.2) is 0 Å². The summed E-state index contributed by atoms with van der Waals surface area (Å²) in [4.78, 5) is 0. The van der Waals surface area contributed by atoms with Gasteiger partial charge in [-0.15, -0.1) is 0 Å². The van der Waals surface area contributed by atoms with Crippen molar-refractivity contribution in [3.05, 3.63) is 28.8 Å². The molecule has 1 aliphatic rings. The molecule has 5 nitrogen and oxygen atoms in total. The van der Waals surface area contributed by atoms with Gasteiger partial charge in [0, 0.05) is 43.8 Å². The lowest BCUT2D eigenvalue weighted by Crippen LogP contribution is -2.51. The first-order chi connectivity index (χ1) is 9.66. The lowest BCUT2D eigenvalue weighted by atomic mass is 9.82. The molecule has 1 aromatic rings. The van der Waals surface area contributed by atoms with Gasteiger partial charge >= 0.3 is 0 Å². The number of halogens is 1. The third kappa shape index (κ3) is 2.92. The Bertz CT molecular complexity index is 450. The molecule has 1 unspecified atom stereocenters. The van der Waals surface area contributed by atoms with Crippen LogP contribution in [-0.2, 0) is 9.47 Å². The molecule has 0 radical (unpaired) electrons. The van der Waals surface area contributed by atoms with Crippen LogP contribution in [0.4, 0.5) is 0 Å². The lowest BCUT2D eigenvalue weighted by molar-refractivity contribution is -0.112. The highest BCUT2D eigenvalue weighted by Crippen LogP contribution is 2.41. The van der Waals surface area contributed by atoms with Crippen molar-refractivity contribution in [2.75, 3.05) is 27.4 Å². The number of methoxy groups -OCH3 is 2. The van der Waals surface area contributed by atoms with E-state index < -0.39 is 5.60 Å². The van der Waals surface area contributed by atoms with E-state index >= 15 is 0 Å². The predicted octanol–water partition coefficient (Wildman–Crippen LogP) is 2.05. The third-order valence-electron chi connectivity index (χ3n) is 3.94. The van der Waals surface area contributed by atoms with Gasteiger partial charge in [-0.3, -0.25) is 5.84 Å². The van der Waals surface area contributed by atoms with Crippen LogP contribution in [0.2, 0.25) is 5.02 Å². The summed E-state index contributed by atoms with van der Waals surface area (Å²) in [6, 6.07) is 5.28. The number of nitrogens with two attached hydrogens (primary N) is 1. The SMILES string of the molecule is COc1ccc(Cl)cc1C(NN)C1(OC)CCOCC1. The van der Waals surface area contributed by atoms with Gasteiger partial charge in [0.2, 0.25) is 0 Å². The zero-order chi connectivity index (χ0) is 14.6. The van der Waals surface area contributed by atoms with E-state index in [0.29, 0.717) is 18.2 Å². The average molecular weight is 301 g/mol. The summed E-state index contributed by atoms with van der Waals surface area (Å²) in [6.07, 6.45) is 1.52. The normalized spacial score (nSPS) is 19.6. The van der Waals surface area contributed by atoms with E-state index in [9.17, 15) is 0 Å². The van der Waals surface area contributed by atoms with Crippen molar-refractivity contribution in [2.24, 2.45) is 5.84 Å². The van der Waals surface area contributed by atoms with Crippen molar-refractivity contribution in [3.63, 3.8) is 0 Å². The maximum absolute atomic E-state index is 6.11. The van der Waals surface area contributed by atoms with Gasteiger partial charge in [0.25, 0.3) is 0 Å². The molecule has 0 saturated carbocycles. The van der Waals surface area contributed by atoms with Gasteiger partial charge in [-0.25, -0.2) is 5.43 Å². The third-order valence-corrected chi connectivity index (χ3v) is 4.18. The number of ether oxygens (including phenoxy) is 3. The first-order valence-electron chi connectivity index (χ1n) is 6.59. The molecular formula is C14H21ClN2O3. The summed E-state index contributed by atoms with van der Waals surface area (Å²) in [7, 11) is 3.33. The van der Waals surface area contributed by atoms with Crippen molar-refractivity contribution in [3.8, 4) is 5.75 Å². The number of hydrazine groups is 1. The Labute approximate surface area is 124 Å². The van der Waals surface area contributed by atoms with Gasteiger partial charge < -0.3 is 14.2 Å². The smallest absolute Gasteiger partial charge is 0.123 e. The van der Waals surface area contributed by atoms with E-state index in [4.69, 9.17) is 31.7 Å². The highest BCUT2D eigenvalue weighted by Gasteiger charge is 2.42. The van der Waals surface area contributed by atoms with Crippen molar-refractivity contribution in [2.45, 2.75) is 24.5 Å². The van der Waals surface area contributed by atoms with E-state index in [-0.39, 0.29) is 6.04 Å². The molecule has 2 rings (SSSR count). The summed E-state index contributed by atoms with van der Waals surface area (Å²) in [5.74, 6) is 6.54. The summed E-state index contributed by atoms with van der Waals surface area (Å²) in [5, 5.41) is 0.638. The second-order valence-electron chi connectivity index (χ2n) is 4.87. The molecule has 20 heavy (non-hydrogen) atoms. The van der Waals surface area contributed by atoms with Crippen LogP contribution in [0.3, 0.4) is 0 Å². The Balaban J connectivity index is 2.42. The first-order valence-corrected chi connectivity index (χ1v) is 6.97. The average Bonchev–Trinajstić information content (AvgIpc) is 2.49. The zero-order valence-corrected chi connectivity index (χ0v) is 12.6. The molecule has 1 aromatic carbocycles. The largest absolute Gasteiger partial charge is 0.496 e. The molecule has 1 atom stereocenters. The number of benzene rings is 1. The number of hydrogen-bond donors (Lipinski definition) is 2. The van der Waals surface area contributed by atoms with Crippen LogP contribution in [-0.4, -0.2) is 33.0 Å². The van der Waals surface area contributed by atoms with Crippen molar-refractivity contribution >= 4 is 11.6 Å². The van der Waals surface area contributed by atoms with Crippen molar-refractivity contribution in [1.29, 1.82) is 0 Å². The van der Waals surface area contributed by atoms with Crippen LogP contribution in [0.5, 0.6) is 5.75 Å². The van der Waals surface area contributed by atoms with Crippen LogP contribution in [0.25, 0.3) is 0 Å². The summed E-state index contributed by atoms with van der Waals surface area (Å²) in [6.45, 7) is 1.30. The highest BCUT2D eigenvalue weighted by atomic mass is 35.5. The van der Waals surface area contributed by atoms with E-state index in [0.717, 1.165) is 24.2 Å². The van der Waals surface area contributed by atoms with E-state index in [2.05, 4.69) is 5.43 Å². The minimum atomic E-state index is -0.426. The van der Waals surface area contributed by atoms with Crippen LogP contribution >= 0.6 is 11.6 Å². The van der Waals surface area contributed by atoms with Gasteiger partial charge in [-0.1, -0.05) is 11.6 Å².